The summed E-state index contributed by atoms with van der Waals surface area (Å²) < 4.78 is 5.48. The third-order valence-electron chi connectivity index (χ3n) is 16.6. The Morgan fingerprint density at radius 2 is 0.625 bits per heavy atom. The van der Waals surface area contributed by atoms with Crippen LogP contribution in [0.4, 0.5) is 0 Å². The zero-order chi connectivity index (χ0) is 57.8. The van der Waals surface area contributed by atoms with E-state index in [2.05, 4.69) is 55.6 Å². The Balaban J connectivity index is 3.39. The van der Waals surface area contributed by atoms with Gasteiger partial charge in [0.05, 0.1) is 25.4 Å². The largest absolute Gasteiger partial charge is 0.466 e. The SMILES string of the molecule is CCCCCC/C=C\CCCCCCCC(=O)OCCCCCCCCCCCCC/C=C\C/C=C\CCCCCCCCCCCCCCCCCCCC(=O)NC(CO)C(O)/C=C/CCCCCCCCCCCCCCC. The minimum atomic E-state index is -0.843. The molecule has 470 valence electrons. The summed E-state index contributed by atoms with van der Waals surface area (Å²) in [6, 6.07) is -0.626. The molecular formula is C74H139NO5. The zero-order valence-corrected chi connectivity index (χ0v) is 53.8. The molecule has 2 unspecified atom stereocenters. The topological polar surface area (TPSA) is 95.9 Å². The first-order valence-corrected chi connectivity index (χ1v) is 35.9. The second-order valence-electron chi connectivity index (χ2n) is 24.6. The van der Waals surface area contributed by atoms with Gasteiger partial charge < -0.3 is 20.3 Å². The van der Waals surface area contributed by atoms with E-state index in [1.165, 1.54) is 308 Å². The highest BCUT2D eigenvalue weighted by Crippen LogP contribution is 2.18. The van der Waals surface area contributed by atoms with Crippen LogP contribution in [0.25, 0.3) is 0 Å². The fraction of sp³-hybridized carbons (Fsp3) is 0.865. The Labute approximate surface area is 499 Å². The van der Waals surface area contributed by atoms with Crippen LogP contribution in [0.15, 0.2) is 48.6 Å². The molecule has 0 radical (unpaired) electrons. The van der Waals surface area contributed by atoms with Gasteiger partial charge in [-0.1, -0.05) is 332 Å². The highest BCUT2D eigenvalue weighted by atomic mass is 16.5. The number of esters is 1. The fourth-order valence-corrected chi connectivity index (χ4v) is 11.1. The maximum Gasteiger partial charge on any atom is 0.305 e. The van der Waals surface area contributed by atoms with Gasteiger partial charge in [0.2, 0.25) is 5.91 Å². The van der Waals surface area contributed by atoms with Crippen molar-refractivity contribution >= 4 is 11.9 Å². The molecule has 6 nitrogen and oxygen atoms in total. The second kappa shape index (κ2) is 69.3. The predicted octanol–water partition coefficient (Wildman–Crippen LogP) is 23.3. The van der Waals surface area contributed by atoms with Crippen LogP contribution in [-0.4, -0.2) is 47.4 Å². The molecule has 0 spiro atoms. The summed E-state index contributed by atoms with van der Waals surface area (Å²) in [6.45, 7) is 4.91. The molecule has 1 amide bonds. The Morgan fingerprint density at radius 3 is 0.975 bits per heavy atom. The molecule has 0 saturated carbocycles. The van der Waals surface area contributed by atoms with Crippen LogP contribution in [0.2, 0.25) is 0 Å². The molecule has 0 fully saturated rings. The van der Waals surface area contributed by atoms with Gasteiger partial charge in [-0.3, -0.25) is 9.59 Å². The molecular weight excluding hydrogens is 983 g/mol. The molecule has 0 aromatic heterocycles. The molecule has 2 atom stereocenters. The number of hydrogen-bond acceptors (Lipinski definition) is 5. The normalized spacial score (nSPS) is 12.8. The summed E-state index contributed by atoms with van der Waals surface area (Å²) in [4.78, 5) is 24.5. The van der Waals surface area contributed by atoms with E-state index in [4.69, 9.17) is 4.74 Å². The number of carbonyl (C=O) groups excluding carboxylic acids is 2. The standard InChI is InChI=1S/C74H139NO5/c1-3-5-7-9-11-13-15-17-39-43-46-50-54-58-62-66-72(77)71(70-76)75-73(78)67-63-59-55-51-47-44-40-37-35-33-31-29-27-25-23-21-19-18-20-22-24-26-28-30-32-34-36-38-41-45-49-53-57-61-65-69-80-74(79)68-64-60-56-52-48-42-16-14-12-10-8-6-4-2/h14,16,20,22,26,28,62,66,71-72,76-77H,3-13,15,17-19,21,23-25,27,29-61,63-65,67-70H2,1-2H3,(H,75,78)/b16-14-,22-20-,28-26-,66-62+. The number of nitrogens with one attached hydrogen (secondary N) is 1. The number of aliphatic hydroxyl groups excluding tert-OH is 2. The summed E-state index contributed by atoms with van der Waals surface area (Å²) in [5, 5.41) is 23.2. The van der Waals surface area contributed by atoms with E-state index in [9.17, 15) is 19.8 Å². The van der Waals surface area contributed by atoms with Crippen LogP contribution in [0, 0.1) is 0 Å². The zero-order valence-electron chi connectivity index (χ0n) is 53.8. The van der Waals surface area contributed by atoms with Crippen molar-refractivity contribution in [3.63, 3.8) is 0 Å². The highest BCUT2D eigenvalue weighted by Gasteiger charge is 2.18. The van der Waals surface area contributed by atoms with Crippen molar-refractivity contribution in [2.75, 3.05) is 13.2 Å². The quantitative estimate of drug-likeness (QED) is 0.0320. The number of hydrogen-bond donors (Lipinski definition) is 3. The summed E-state index contributed by atoms with van der Waals surface area (Å²) in [6.07, 6.45) is 90.6. The van der Waals surface area contributed by atoms with E-state index in [0.717, 1.165) is 51.4 Å². The van der Waals surface area contributed by atoms with Crippen LogP contribution in [0.5, 0.6) is 0 Å². The van der Waals surface area contributed by atoms with Gasteiger partial charge in [0.15, 0.2) is 0 Å². The van der Waals surface area contributed by atoms with E-state index >= 15 is 0 Å². The average molecular weight is 1120 g/mol. The Morgan fingerprint density at radius 1 is 0.350 bits per heavy atom. The van der Waals surface area contributed by atoms with Gasteiger partial charge >= 0.3 is 5.97 Å². The van der Waals surface area contributed by atoms with Crippen LogP contribution < -0.4 is 5.32 Å². The smallest absolute Gasteiger partial charge is 0.305 e. The molecule has 3 N–H and O–H groups in total. The second-order valence-corrected chi connectivity index (χ2v) is 24.6. The number of allylic oxidation sites excluding steroid dienone is 7. The van der Waals surface area contributed by atoms with Crippen LogP contribution >= 0.6 is 0 Å². The average Bonchev–Trinajstić information content (AvgIpc) is 3.46. The lowest BCUT2D eigenvalue weighted by Gasteiger charge is -2.20. The number of amides is 1. The van der Waals surface area contributed by atoms with Gasteiger partial charge in [0, 0.05) is 12.8 Å². The van der Waals surface area contributed by atoms with Crippen molar-refractivity contribution in [2.45, 2.75) is 398 Å². The first-order valence-electron chi connectivity index (χ1n) is 35.9. The van der Waals surface area contributed by atoms with Crippen LogP contribution in [0.1, 0.15) is 386 Å². The number of aliphatic hydroxyl groups is 2. The molecule has 0 aliphatic heterocycles. The summed E-state index contributed by atoms with van der Waals surface area (Å²) in [5.41, 5.74) is 0. The molecule has 0 aliphatic carbocycles. The van der Waals surface area contributed by atoms with Gasteiger partial charge in [-0.05, 0) is 89.9 Å². The molecule has 0 rings (SSSR count). The maximum atomic E-state index is 12.5. The summed E-state index contributed by atoms with van der Waals surface area (Å²) >= 11 is 0. The molecule has 6 heteroatoms. The lowest BCUT2D eigenvalue weighted by Crippen LogP contribution is -2.45. The lowest BCUT2D eigenvalue weighted by molar-refractivity contribution is -0.143. The molecule has 0 saturated heterocycles. The van der Waals surface area contributed by atoms with E-state index in [0.29, 0.717) is 19.4 Å². The Bertz CT molecular complexity index is 1340. The highest BCUT2D eigenvalue weighted by molar-refractivity contribution is 5.76. The van der Waals surface area contributed by atoms with E-state index in [-0.39, 0.29) is 18.5 Å². The summed E-state index contributed by atoms with van der Waals surface area (Å²) in [5.74, 6) is -0.0565. The summed E-state index contributed by atoms with van der Waals surface area (Å²) in [7, 11) is 0. The van der Waals surface area contributed by atoms with Crippen LogP contribution in [-0.2, 0) is 14.3 Å². The van der Waals surface area contributed by atoms with Crippen molar-refractivity contribution in [2.24, 2.45) is 0 Å². The maximum absolute atomic E-state index is 12.5. The number of unbranched alkanes of at least 4 members (excludes halogenated alkanes) is 50. The number of ether oxygens (including phenoxy) is 1. The van der Waals surface area contributed by atoms with E-state index in [1.807, 2.05) is 6.08 Å². The molecule has 80 heavy (non-hydrogen) atoms. The molecule has 0 aromatic rings. The van der Waals surface area contributed by atoms with Crippen molar-refractivity contribution in [1.82, 2.24) is 5.32 Å². The van der Waals surface area contributed by atoms with Gasteiger partial charge in [0.1, 0.15) is 0 Å². The predicted molar refractivity (Wildman–Crippen MR) is 352 cm³/mol. The Hall–Kier alpha value is -2.18. The third kappa shape index (κ3) is 65.0. The third-order valence-corrected chi connectivity index (χ3v) is 16.6. The molecule has 0 aromatic carbocycles. The van der Waals surface area contributed by atoms with Crippen molar-refractivity contribution < 1.29 is 24.5 Å². The first kappa shape index (κ1) is 77.8. The number of rotatable bonds is 67. The van der Waals surface area contributed by atoms with Gasteiger partial charge in [-0.15, -0.1) is 0 Å². The Kier molecular flexibility index (Phi) is 67.4. The van der Waals surface area contributed by atoms with E-state index < -0.39 is 12.1 Å². The minimum Gasteiger partial charge on any atom is -0.466 e. The monoisotopic (exact) mass is 1120 g/mol. The minimum absolute atomic E-state index is 0.00730. The first-order chi connectivity index (χ1) is 39.5. The molecule has 0 aliphatic rings. The molecule has 0 bridgehead atoms. The molecule has 0 heterocycles. The van der Waals surface area contributed by atoms with Gasteiger partial charge in [-0.25, -0.2) is 0 Å². The number of carbonyl (C=O) groups is 2. The van der Waals surface area contributed by atoms with Crippen molar-refractivity contribution in [3.8, 4) is 0 Å². The van der Waals surface area contributed by atoms with E-state index in [1.54, 1.807) is 6.08 Å². The van der Waals surface area contributed by atoms with Gasteiger partial charge in [0.25, 0.3) is 0 Å². The lowest BCUT2D eigenvalue weighted by atomic mass is 10.0. The van der Waals surface area contributed by atoms with Crippen molar-refractivity contribution in [1.29, 1.82) is 0 Å². The van der Waals surface area contributed by atoms with Crippen LogP contribution in [0.3, 0.4) is 0 Å². The fourth-order valence-electron chi connectivity index (χ4n) is 11.1. The van der Waals surface area contributed by atoms with Crippen molar-refractivity contribution in [3.05, 3.63) is 48.6 Å². The van der Waals surface area contributed by atoms with Gasteiger partial charge in [-0.2, -0.15) is 0 Å².